The first-order valence-corrected chi connectivity index (χ1v) is 6.25. The SMILES string of the molecule is CC(N)CCC(=O)NC1(CO)CCCCC1. The number of carbonyl (C=O) groups is 1. The summed E-state index contributed by atoms with van der Waals surface area (Å²) in [6.07, 6.45) is 6.34. The van der Waals surface area contributed by atoms with Crippen molar-refractivity contribution in [2.45, 2.75) is 63.5 Å². The Morgan fingerprint density at radius 3 is 2.56 bits per heavy atom. The second-order valence-corrected chi connectivity index (χ2v) is 5.06. The van der Waals surface area contributed by atoms with E-state index in [1.54, 1.807) is 0 Å². The predicted molar refractivity (Wildman–Crippen MR) is 63.9 cm³/mol. The molecule has 1 atom stereocenters. The topological polar surface area (TPSA) is 75.4 Å². The summed E-state index contributed by atoms with van der Waals surface area (Å²) in [5, 5.41) is 12.4. The summed E-state index contributed by atoms with van der Waals surface area (Å²) in [6, 6.07) is 0.0576. The molecule has 1 unspecified atom stereocenters. The number of aliphatic hydroxyl groups excluding tert-OH is 1. The predicted octanol–water partition coefficient (Wildman–Crippen LogP) is 0.925. The highest BCUT2D eigenvalue weighted by atomic mass is 16.3. The third-order valence-electron chi connectivity index (χ3n) is 3.34. The van der Waals surface area contributed by atoms with Gasteiger partial charge in [-0.3, -0.25) is 4.79 Å². The van der Waals surface area contributed by atoms with Crippen molar-refractivity contribution in [1.82, 2.24) is 5.32 Å². The lowest BCUT2D eigenvalue weighted by Crippen LogP contribution is -2.52. The zero-order valence-corrected chi connectivity index (χ0v) is 10.2. The van der Waals surface area contributed by atoms with E-state index in [4.69, 9.17) is 5.73 Å². The molecule has 1 fully saturated rings. The van der Waals surface area contributed by atoms with Gasteiger partial charge in [0.2, 0.25) is 5.91 Å². The minimum Gasteiger partial charge on any atom is -0.394 e. The van der Waals surface area contributed by atoms with Crippen molar-refractivity contribution in [3.63, 3.8) is 0 Å². The van der Waals surface area contributed by atoms with E-state index in [0.717, 1.165) is 25.7 Å². The Kier molecular flexibility index (Phi) is 5.22. The lowest BCUT2D eigenvalue weighted by molar-refractivity contribution is -0.124. The highest BCUT2D eigenvalue weighted by Gasteiger charge is 2.32. The lowest BCUT2D eigenvalue weighted by atomic mass is 9.82. The van der Waals surface area contributed by atoms with Gasteiger partial charge < -0.3 is 16.2 Å². The van der Waals surface area contributed by atoms with Crippen LogP contribution < -0.4 is 11.1 Å². The van der Waals surface area contributed by atoms with Crippen LogP contribution in [0.15, 0.2) is 0 Å². The van der Waals surface area contributed by atoms with Crippen LogP contribution >= 0.6 is 0 Å². The molecule has 1 aliphatic rings. The molecule has 0 heterocycles. The van der Waals surface area contributed by atoms with Gasteiger partial charge in [-0.05, 0) is 26.2 Å². The average Bonchev–Trinajstić information content (AvgIpc) is 2.28. The molecule has 0 radical (unpaired) electrons. The lowest BCUT2D eigenvalue weighted by Gasteiger charge is -2.36. The Balaban J connectivity index is 2.39. The maximum absolute atomic E-state index is 11.7. The van der Waals surface area contributed by atoms with Gasteiger partial charge in [-0.1, -0.05) is 19.3 Å². The Morgan fingerprint density at radius 2 is 2.06 bits per heavy atom. The molecule has 94 valence electrons. The Labute approximate surface area is 97.6 Å². The van der Waals surface area contributed by atoms with Crippen LogP contribution in [0.25, 0.3) is 0 Å². The molecule has 1 amide bonds. The second kappa shape index (κ2) is 6.21. The molecule has 0 spiro atoms. The minimum absolute atomic E-state index is 0.0215. The largest absolute Gasteiger partial charge is 0.394 e. The van der Waals surface area contributed by atoms with Crippen molar-refractivity contribution >= 4 is 5.91 Å². The fourth-order valence-corrected chi connectivity index (χ4v) is 2.27. The van der Waals surface area contributed by atoms with Gasteiger partial charge in [0.05, 0.1) is 12.1 Å². The van der Waals surface area contributed by atoms with Gasteiger partial charge >= 0.3 is 0 Å². The smallest absolute Gasteiger partial charge is 0.220 e. The molecule has 1 aliphatic carbocycles. The van der Waals surface area contributed by atoms with Crippen LogP contribution in [0.1, 0.15) is 51.9 Å². The van der Waals surface area contributed by atoms with Crippen LogP contribution in [0.3, 0.4) is 0 Å². The number of nitrogens with one attached hydrogen (secondary N) is 1. The first kappa shape index (κ1) is 13.5. The molecule has 1 rings (SSSR count). The van der Waals surface area contributed by atoms with Crippen molar-refractivity contribution in [3.8, 4) is 0 Å². The summed E-state index contributed by atoms with van der Waals surface area (Å²) >= 11 is 0. The van der Waals surface area contributed by atoms with Crippen LogP contribution in [0, 0.1) is 0 Å². The number of hydrogen-bond acceptors (Lipinski definition) is 3. The second-order valence-electron chi connectivity index (χ2n) is 5.06. The summed E-state index contributed by atoms with van der Waals surface area (Å²) in [7, 11) is 0. The van der Waals surface area contributed by atoms with E-state index in [1.807, 2.05) is 6.92 Å². The molecule has 0 aromatic carbocycles. The highest BCUT2D eigenvalue weighted by Crippen LogP contribution is 2.27. The van der Waals surface area contributed by atoms with Crippen LogP contribution in [0.2, 0.25) is 0 Å². The molecule has 0 saturated heterocycles. The summed E-state index contributed by atoms with van der Waals surface area (Å²) in [5.41, 5.74) is 5.26. The summed E-state index contributed by atoms with van der Waals surface area (Å²) in [4.78, 5) is 11.7. The van der Waals surface area contributed by atoms with E-state index in [9.17, 15) is 9.90 Å². The van der Waals surface area contributed by atoms with Crippen molar-refractivity contribution in [3.05, 3.63) is 0 Å². The zero-order chi connectivity index (χ0) is 12.0. The molecule has 16 heavy (non-hydrogen) atoms. The molecule has 0 aliphatic heterocycles. The van der Waals surface area contributed by atoms with Gasteiger partial charge in [0.25, 0.3) is 0 Å². The van der Waals surface area contributed by atoms with Gasteiger partial charge in [-0.2, -0.15) is 0 Å². The van der Waals surface area contributed by atoms with Gasteiger partial charge in [0.1, 0.15) is 0 Å². The van der Waals surface area contributed by atoms with E-state index in [0.29, 0.717) is 12.8 Å². The molecule has 1 saturated carbocycles. The van der Waals surface area contributed by atoms with E-state index in [-0.39, 0.29) is 24.1 Å². The molecule has 0 bridgehead atoms. The van der Waals surface area contributed by atoms with Gasteiger partial charge in [0.15, 0.2) is 0 Å². The number of hydrogen-bond donors (Lipinski definition) is 3. The fourth-order valence-electron chi connectivity index (χ4n) is 2.27. The van der Waals surface area contributed by atoms with Crippen molar-refractivity contribution < 1.29 is 9.90 Å². The van der Waals surface area contributed by atoms with Gasteiger partial charge in [0, 0.05) is 12.5 Å². The van der Waals surface area contributed by atoms with E-state index < -0.39 is 0 Å². The molecule has 4 heteroatoms. The molecular formula is C12H24N2O2. The summed E-state index contributed by atoms with van der Waals surface area (Å²) < 4.78 is 0. The minimum atomic E-state index is -0.354. The molecule has 4 nitrogen and oxygen atoms in total. The normalized spacial score (nSPS) is 21.4. The van der Waals surface area contributed by atoms with Crippen LogP contribution in [0.5, 0.6) is 0 Å². The van der Waals surface area contributed by atoms with Crippen LogP contribution in [0.4, 0.5) is 0 Å². The Morgan fingerprint density at radius 1 is 1.44 bits per heavy atom. The first-order chi connectivity index (χ1) is 7.58. The van der Waals surface area contributed by atoms with Gasteiger partial charge in [-0.25, -0.2) is 0 Å². The van der Waals surface area contributed by atoms with E-state index in [2.05, 4.69) is 5.32 Å². The number of aliphatic hydroxyl groups is 1. The van der Waals surface area contributed by atoms with Crippen molar-refractivity contribution in [1.29, 1.82) is 0 Å². The van der Waals surface area contributed by atoms with Crippen molar-refractivity contribution in [2.75, 3.05) is 6.61 Å². The average molecular weight is 228 g/mol. The number of rotatable bonds is 5. The van der Waals surface area contributed by atoms with E-state index >= 15 is 0 Å². The molecular weight excluding hydrogens is 204 g/mol. The fraction of sp³-hybridized carbons (Fsp3) is 0.917. The summed E-state index contributed by atoms with van der Waals surface area (Å²) in [6.45, 7) is 1.95. The highest BCUT2D eigenvalue weighted by molar-refractivity contribution is 5.76. The van der Waals surface area contributed by atoms with Gasteiger partial charge in [-0.15, -0.1) is 0 Å². The molecule has 0 aromatic rings. The quantitative estimate of drug-likeness (QED) is 0.655. The Bertz CT molecular complexity index is 223. The third kappa shape index (κ3) is 4.10. The molecule has 4 N–H and O–H groups in total. The monoisotopic (exact) mass is 228 g/mol. The first-order valence-electron chi connectivity index (χ1n) is 6.25. The van der Waals surface area contributed by atoms with Crippen molar-refractivity contribution in [2.24, 2.45) is 5.73 Å². The summed E-state index contributed by atoms with van der Waals surface area (Å²) in [5.74, 6) is 0.0215. The maximum Gasteiger partial charge on any atom is 0.220 e. The van der Waals surface area contributed by atoms with E-state index in [1.165, 1.54) is 6.42 Å². The third-order valence-corrected chi connectivity index (χ3v) is 3.34. The Hall–Kier alpha value is -0.610. The standard InChI is InChI=1S/C12H24N2O2/c1-10(13)5-6-11(16)14-12(9-15)7-3-2-4-8-12/h10,15H,2-9,13H2,1H3,(H,14,16). The number of nitrogens with two attached hydrogens (primary N) is 1. The zero-order valence-electron chi connectivity index (χ0n) is 10.2. The van der Waals surface area contributed by atoms with Crippen LogP contribution in [-0.2, 0) is 4.79 Å². The number of carbonyl (C=O) groups excluding carboxylic acids is 1. The van der Waals surface area contributed by atoms with Crippen LogP contribution in [-0.4, -0.2) is 29.2 Å². The number of amides is 1. The maximum atomic E-state index is 11.7. The molecule has 0 aromatic heterocycles.